The average Bonchev–Trinajstić information content (AvgIpc) is 2.36. The molecule has 2 nitrogen and oxygen atoms in total. The summed E-state index contributed by atoms with van der Waals surface area (Å²) < 4.78 is 0. The first-order valence-corrected chi connectivity index (χ1v) is 8.27. The van der Waals surface area contributed by atoms with Gasteiger partial charge in [0.15, 0.2) is 0 Å². The van der Waals surface area contributed by atoms with Gasteiger partial charge in [-0.25, -0.2) is 0 Å². The molecule has 0 radical (unpaired) electrons. The Hall–Kier alpha value is -0.320. The maximum absolute atomic E-state index is 5.90. The van der Waals surface area contributed by atoms with Crippen LogP contribution in [-0.4, -0.2) is 31.4 Å². The van der Waals surface area contributed by atoms with Crippen molar-refractivity contribution in [3.05, 3.63) is 23.8 Å². The quantitative estimate of drug-likeness (QED) is 0.771. The maximum Gasteiger partial charge on any atom is 0.0420 e. The normalized spacial score (nSPS) is 10.6. The fraction of sp³-hybridized carbons (Fsp3) is 0.538. The van der Waals surface area contributed by atoms with Gasteiger partial charge in [0.05, 0.1) is 0 Å². The van der Waals surface area contributed by atoms with Crippen molar-refractivity contribution in [1.82, 2.24) is 0 Å². The molecule has 0 atom stereocenters. The van der Waals surface area contributed by atoms with E-state index < -0.39 is 0 Å². The second kappa shape index (κ2) is 7.90. The van der Waals surface area contributed by atoms with Crippen molar-refractivity contribution < 1.29 is 0 Å². The van der Waals surface area contributed by atoms with Crippen LogP contribution >= 0.6 is 23.5 Å². The molecule has 1 aromatic carbocycles. The smallest absolute Gasteiger partial charge is 0.0420 e. The summed E-state index contributed by atoms with van der Waals surface area (Å²) in [7, 11) is 2.14. The van der Waals surface area contributed by atoms with Gasteiger partial charge in [0.1, 0.15) is 0 Å². The van der Waals surface area contributed by atoms with E-state index in [-0.39, 0.29) is 0 Å². The van der Waals surface area contributed by atoms with Crippen LogP contribution in [0, 0.1) is 0 Å². The first-order chi connectivity index (χ1) is 8.24. The van der Waals surface area contributed by atoms with Crippen LogP contribution in [0.4, 0.5) is 5.69 Å². The number of thioether (sulfide) groups is 2. The van der Waals surface area contributed by atoms with E-state index in [4.69, 9.17) is 5.73 Å². The fourth-order valence-electron chi connectivity index (χ4n) is 1.76. The van der Waals surface area contributed by atoms with E-state index in [0.29, 0.717) is 6.54 Å². The molecule has 0 saturated carbocycles. The maximum atomic E-state index is 5.90. The first kappa shape index (κ1) is 14.7. The third-order valence-corrected chi connectivity index (χ3v) is 4.23. The Morgan fingerprint density at radius 2 is 2.12 bits per heavy atom. The highest BCUT2D eigenvalue weighted by atomic mass is 32.2. The molecule has 4 heteroatoms. The molecule has 0 bridgehead atoms. The minimum absolute atomic E-state index is 0.613. The molecule has 1 rings (SSSR count). The van der Waals surface area contributed by atoms with Gasteiger partial charge >= 0.3 is 0 Å². The number of benzene rings is 1. The Labute approximate surface area is 113 Å². The monoisotopic (exact) mass is 270 g/mol. The first-order valence-electron chi connectivity index (χ1n) is 5.89. The van der Waals surface area contributed by atoms with E-state index in [2.05, 4.69) is 43.3 Å². The lowest BCUT2D eigenvalue weighted by Crippen LogP contribution is -2.22. The van der Waals surface area contributed by atoms with Crippen LogP contribution in [-0.2, 0) is 6.54 Å². The van der Waals surface area contributed by atoms with Gasteiger partial charge < -0.3 is 10.6 Å². The number of hydrogen-bond acceptors (Lipinski definition) is 4. The Bertz CT molecular complexity index is 342. The fourth-order valence-corrected chi connectivity index (χ4v) is 3.06. The summed E-state index contributed by atoms with van der Waals surface area (Å²) in [4.78, 5) is 3.63. The summed E-state index contributed by atoms with van der Waals surface area (Å²) in [5.41, 5.74) is 8.46. The molecule has 0 aliphatic carbocycles. The van der Waals surface area contributed by atoms with Crippen molar-refractivity contribution in [2.24, 2.45) is 5.73 Å². The molecule has 0 unspecified atom stereocenters. The predicted molar refractivity (Wildman–Crippen MR) is 82.4 cm³/mol. The van der Waals surface area contributed by atoms with Crippen LogP contribution in [0.1, 0.15) is 12.5 Å². The predicted octanol–water partition coefficient (Wildman–Crippen LogP) is 3.06. The Balaban J connectivity index is 2.93. The van der Waals surface area contributed by atoms with Crippen molar-refractivity contribution in [3.8, 4) is 0 Å². The zero-order valence-electron chi connectivity index (χ0n) is 10.9. The number of nitrogens with zero attached hydrogens (tertiary/aromatic N) is 1. The SMILES string of the molecule is CCSc1cccc(N(C)CCSC)c1CN. The second-order valence-corrected chi connectivity index (χ2v) is 6.10. The lowest BCUT2D eigenvalue weighted by atomic mass is 10.1. The van der Waals surface area contributed by atoms with E-state index in [1.165, 1.54) is 16.1 Å². The summed E-state index contributed by atoms with van der Waals surface area (Å²) in [6.45, 7) is 3.85. The van der Waals surface area contributed by atoms with Gasteiger partial charge in [-0.3, -0.25) is 0 Å². The van der Waals surface area contributed by atoms with Gasteiger partial charge in [-0.2, -0.15) is 11.8 Å². The van der Waals surface area contributed by atoms with Crippen molar-refractivity contribution in [2.75, 3.05) is 36.3 Å². The standard InChI is InChI=1S/C13H22N2S2/c1-4-17-13-7-5-6-12(11(13)10-14)15(2)8-9-16-3/h5-7H,4,8-10,14H2,1-3H3. The molecular formula is C13H22N2S2. The summed E-state index contributed by atoms with van der Waals surface area (Å²) in [5, 5.41) is 0. The van der Waals surface area contributed by atoms with Gasteiger partial charge in [0, 0.05) is 42.0 Å². The van der Waals surface area contributed by atoms with E-state index in [1.54, 1.807) is 0 Å². The van der Waals surface area contributed by atoms with Crippen LogP contribution in [0.5, 0.6) is 0 Å². The van der Waals surface area contributed by atoms with Crippen molar-refractivity contribution >= 4 is 29.2 Å². The van der Waals surface area contributed by atoms with Crippen LogP contribution in [0.25, 0.3) is 0 Å². The summed E-state index contributed by atoms with van der Waals surface area (Å²) >= 11 is 3.74. The second-order valence-electron chi connectivity index (χ2n) is 3.81. The largest absolute Gasteiger partial charge is 0.373 e. The number of anilines is 1. The van der Waals surface area contributed by atoms with E-state index in [0.717, 1.165) is 18.1 Å². The minimum atomic E-state index is 0.613. The highest BCUT2D eigenvalue weighted by Crippen LogP contribution is 2.30. The molecule has 0 aromatic heterocycles. The molecular weight excluding hydrogens is 248 g/mol. The lowest BCUT2D eigenvalue weighted by molar-refractivity contribution is 0.933. The van der Waals surface area contributed by atoms with Crippen LogP contribution in [0.3, 0.4) is 0 Å². The summed E-state index contributed by atoms with van der Waals surface area (Å²) in [6.07, 6.45) is 2.14. The lowest BCUT2D eigenvalue weighted by Gasteiger charge is -2.23. The molecule has 0 saturated heterocycles. The number of rotatable bonds is 7. The number of nitrogens with two attached hydrogens (primary N) is 1. The van der Waals surface area contributed by atoms with E-state index in [1.807, 2.05) is 23.5 Å². The molecule has 0 heterocycles. The molecule has 1 aromatic rings. The van der Waals surface area contributed by atoms with Crippen molar-refractivity contribution in [3.63, 3.8) is 0 Å². The molecule has 0 aliphatic heterocycles. The summed E-state index contributed by atoms with van der Waals surface area (Å²) in [5.74, 6) is 2.23. The summed E-state index contributed by atoms with van der Waals surface area (Å²) in [6, 6.07) is 6.46. The molecule has 0 aliphatic rings. The van der Waals surface area contributed by atoms with Crippen molar-refractivity contribution in [2.45, 2.75) is 18.4 Å². The van der Waals surface area contributed by atoms with Gasteiger partial charge in [0.25, 0.3) is 0 Å². The molecule has 0 spiro atoms. The Morgan fingerprint density at radius 1 is 1.35 bits per heavy atom. The highest BCUT2D eigenvalue weighted by molar-refractivity contribution is 7.99. The van der Waals surface area contributed by atoms with E-state index >= 15 is 0 Å². The Morgan fingerprint density at radius 3 is 2.71 bits per heavy atom. The van der Waals surface area contributed by atoms with E-state index in [9.17, 15) is 0 Å². The van der Waals surface area contributed by atoms with Gasteiger partial charge in [-0.05, 0) is 24.1 Å². The third-order valence-electron chi connectivity index (χ3n) is 2.65. The van der Waals surface area contributed by atoms with Gasteiger partial charge in [-0.15, -0.1) is 11.8 Å². The van der Waals surface area contributed by atoms with Crippen LogP contribution in [0.15, 0.2) is 23.1 Å². The van der Waals surface area contributed by atoms with Crippen LogP contribution in [0.2, 0.25) is 0 Å². The molecule has 96 valence electrons. The minimum Gasteiger partial charge on any atom is -0.373 e. The van der Waals surface area contributed by atoms with Crippen LogP contribution < -0.4 is 10.6 Å². The zero-order valence-corrected chi connectivity index (χ0v) is 12.5. The topological polar surface area (TPSA) is 29.3 Å². The van der Waals surface area contributed by atoms with Crippen molar-refractivity contribution in [1.29, 1.82) is 0 Å². The molecule has 0 fully saturated rings. The Kier molecular flexibility index (Phi) is 6.85. The molecule has 17 heavy (non-hydrogen) atoms. The average molecular weight is 270 g/mol. The molecule has 0 amide bonds. The van der Waals surface area contributed by atoms with Gasteiger partial charge in [-0.1, -0.05) is 13.0 Å². The third kappa shape index (κ3) is 4.12. The zero-order chi connectivity index (χ0) is 12.7. The highest BCUT2D eigenvalue weighted by Gasteiger charge is 2.10. The van der Waals surface area contributed by atoms with Gasteiger partial charge in [0.2, 0.25) is 0 Å². The number of hydrogen-bond donors (Lipinski definition) is 1. The molecule has 2 N–H and O–H groups in total.